The van der Waals surface area contributed by atoms with Crippen LogP contribution in [0.5, 0.6) is 0 Å². The zero-order chi connectivity index (χ0) is 24.1. The minimum absolute atomic E-state index is 0.0883. The summed E-state index contributed by atoms with van der Waals surface area (Å²) < 4.78 is 4.80. The van der Waals surface area contributed by atoms with Gasteiger partial charge in [0.1, 0.15) is 5.84 Å². The highest BCUT2D eigenvalue weighted by atomic mass is 16.7. The van der Waals surface area contributed by atoms with Gasteiger partial charge in [-0.05, 0) is 28.8 Å². The lowest BCUT2D eigenvalue weighted by atomic mass is 9.89. The first-order valence-corrected chi connectivity index (χ1v) is 10.6. The van der Waals surface area contributed by atoms with Crippen molar-refractivity contribution in [3.63, 3.8) is 0 Å². The molecule has 3 aromatic rings. The Kier molecular flexibility index (Phi) is 6.40. The van der Waals surface area contributed by atoms with E-state index in [1.807, 2.05) is 54.6 Å². The van der Waals surface area contributed by atoms with E-state index in [4.69, 9.17) is 20.7 Å². The van der Waals surface area contributed by atoms with E-state index in [-0.39, 0.29) is 18.7 Å². The number of carbonyl (C=O) groups is 2. The number of carbonyl (C=O) groups excluding carboxylic acids is 2. The normalized spacial score (nSPS) is 16.8. The zero-order valence-corrected chi connectivity index (χ0v) is 18.6. The Morgan fingerprint density at radius 3 is 2.38 bits per heavy atom. The summed E-state index contributed by atoms with van der Waals surface area (Å²) in [5, 5.41) is 14.5. The second-order valence-corrected chi connectivity index (χ2v) is 7.95. The maximum Gasteiger partial charge on any atom is 0.310 e. The van der Waals surface area contributed by atoms with Crippen molar-refractivity contribution in [1.82, 2.24) is 0 Å². The number of ether oxygens (including phenoxy) is 1. The molecule has 0 spiro atoms. The third-order valence-electron chi connectivity index (χ3n) is 5.61. The first-order valence-electron chi connectivity index (χ1n) is 10.6. The molecule has 4 rings (SSSR count). The van der Waals surface area contributed by atoms with Crippen molar-refractivity contribution in [1.29, 1.82) is 5.41 Å². The Balaban J connectivity index is 1.55. The number of amides is 1. The molecule has 1 amide bonds. The van der Waals surface area contributed by atoms with Gasteiger partial charge in [0.25, 0.3) is 5.91 Å². The predicted octanol–water partition coefficient (Wildman–Crippen LogP) is 3.70. The highest BCUT2D eigenvalue weighted by molar-refractivity contribution is 6.09. The monoisotopic (exact) mass is 456 g/mol. The van der Waals surface area contributed by atoms with E-state index in [0.29, 0.717) is 17.0 Å². The van der Waals surface area contributed by atoms with Crippen molar-refractivity contribution in [2.24, 2.45) is 10.9 Å². The van der Waals surface area contributed by atoms with Gasteiger partial charge in [-0.25, -0.2) is 0 Å². The number of rotatable bonds is 7. The molecule has 34 heavy (non-hydrogen) atoms. The van der Waals surface area contributed by atoms with Crippen LogP contribution in [0, 0.1) is 5.41 Å². The Labute approximate surface area is 196 Å². The minimum Gasteiger partial charge on any atom is -0.469 e. The smallest absolute Gasteiger partial charge is 0.310 e. The number of nitrogens with zero attached hydrogens (tertiary/aromatic N) is 1. The van der Waals surface area contributed by atoms with Gasteiger partial charge in [0.2, 0.25) is 5.60 Å². The van der Waals surface area contributed by atoms with Crippen LogP contribution >= 0.6 is 0 Å². The molecule has 1 heterocycles. The molecule has 0 fully saturated rings. The molecular weight excluding hydrogens is 432 g/mol. The summed E-state index contributed by atoms with van der Waals surface area (Å²) in [6, 6.07) is 24.3. The topological polar surface area (TPSA) is 127 Å². The SMILES string of the molecule is COC(=O)CC1(C(=O)Nc2cccc(C(=N)N)c2)CC(c2ccc(-c3ccccc3)cc2)=NO1. The molecule has 1 aliphatic rings. The molecule has 3 aromatic carbocycles. The number of oxime groups is 1. The number of esters is 1. The molecule has 4 N–H and O–H groups in total. The Hall–Kier alpha value is -4.46. The molecule has 0 aliphatic carbocycles. The summed E-state index contributed by atoms with van der Waals surface area (Å²) in [7, 11) is 1.25. The van der Waals surface area contributed by atoms with Gasteiger partial charge in [-0.3, -0.25) is 15.0 Å². The van der Waals surface area contributed by atoms with Crippen molar-refractivity contribution in [2.45, 2.75) is 18.4 Å². The number of nitrogen functional groups attached to an aromatic ring is 1. The Morgan fingerprint density at radius 1 is 1.03 bits per heavy atom. The van der Waals surface area contributed by atoms with E-state index in [0.717, 1.165) is 16.7 Å². The standard InChI is InChI=1S/C26H24N4O4/c1-33-23(31)16-26(25(32)29-21-9-5-8-20(14-21)24(27)28)15-22(30-34-26)19-12-10-18(11-13-19)17-6-3-2-4-7-17/h2-14H,15-16H2,1H3,(H3,27,28)(H,29,32). The van der Waals surface area contributed by atoms with E-state index in [1.54, 1.807) is 24.3 Å². The van der Waals surface area contributed by atoms with Gasteiger partial charge in [-0.2, -0.15) is 0 Å². The van der Waals surface area contributed by atoms with Crippen LogP contribution < -0.4 is 11.1 Å². The van der Waals surface area contributed by atoms with Gasteiger partial charge >= 0.3 is 5.97 Å². The second kappa shape index (κ2) is 9.58. The van der Waals surface area contributed by atoms with Gasteiger partial charge < -0.3 is 20.6 Å². The van der Waals surface area contributed by atoms with Gasteiger partial charge in [-0.1, -0.05) is 71.9 Å². The third-order valence-corrected chi connectivity index (χ3v) is 5.61. The number of anilines is 1. The Morgan fingerprint density at radius 2 is 1.71 bits per heavy atom. The number of hydrogen-bond donors (Lipinski definition) is 3. The van der Waals surface area contributed by atoms with Crippen LogP contribution in [0.1, 0.15) is 24.0 Å². The van der Waals surface area contributed by atoms with E-state index < -0.39 is 17.5 Å². The lowest BCUT2D eigenvalue weighted by Crippen LogP contribution is -2.45. The van der Waals surface area contributed by atoms with E-state index >= 15 is 0 Å². The van der Waals surface area contributed by atoms with Gasteiger partial charge in [-0.15, -0.1) is 0 Å². The largest absolute Gasteiger partial charge is 0.469 e. The van der Waals surface area contributed by atoms with Crippen molar-refractivity contribution in [3.05, 3.63) is 90.0 Å². The van der Waals surface area contributed by atoms with E-state index in [9.17, 15) is 9.59 Å². The summed E-state index contributed by atoms with van der Waals surface area (Å²) in [5.41, 5.74) is 8.34. The molecule has 1 atom stereocenters. The van der Waals surface area contributed by atoms with Crippen LogP contribution in [0.15, 0.2) is 84.0 Å². The molecule has 0 aromatic heterocycles. The first-order chi connectivity index (χ1) is 16.4. The summed E-state index contributed by atoms with van der Waals surface area (Å²) in [6.45, 7) is 0. The molecule has 172 valence electrons. The lowest BCUT2D eigenvalue weighted by molar-refractivity contribution is -0.155. The van der Waals surface area contributed by atoms with Crippen molar-refractivity contribution in [3.8, 4) is 11.1 Å². The number of methoxy groups -OCH3 is 1. The fourth-order valence-electron chi connectivity index (χ4n) is 3.73. The summed E-state index contributed by atoms with van der Waals surface area (Å²) in [5.74, 6) is -1.26. The quantitative estimate of drug-likeness (QED) is 0.284. The van der Waals surface area contributed by atoms with Crippen molar-refractivity contribution >= 4 is 29.1 Å². The Bertz CT molecular complexity index is 1260. The van der Waals surface area contributed by atoms with Crippen LogP contribution in [0.4, 0.5) is 5.69 Å². The average Bonchev–Trinajstić information content (AvgIpc) is 3.30. The van der Waals surface area contributed by atoms with Gasteiger partial charge in [0.15, 0.2) is 0 Å². The maximum atomic E-state index is 13.3. The highest BCUT2D eigenvalue weighted by Crippen LogP contribution is 2.33. The molecule has 0 radical (unpaired) electrons. The first kappa shape index (κ1) is 22.7. The molecule has 1 aliphatic heterocycles. The highest BCUT2D eigenvalue weighted by Gasteiger charge is 2.49. The van der Waals surface area contributed by atoms with Crippen LogP contribution in [0.3, 0.4) is 0 Å². The fourth-order valence-corrected chi connectivity index (χ4v) is 3.73. The summed E-state index contributed by atoms with van der Waals surface area (Å²) in [6.07, 6.45) is -0.220. The predicted molar refractivity (Wildman–Crippen MR) is 130 cm³/mol. The lowest BCUT2D eigenvalue weighted by Gasteiger charge is -2.24. The minimum atomic E-state index is -1.56. The van der Waals surface area contributed by atoms with Gasteiger partial charge in [0, 0.05) is 17.7 Å². The average molecular weight is 457 g/mol. The van der Waals surface area contributed by atoms with Crippen LogP contribution in [0.25, 0.3) is 11.1 Å². The zero-order valence-electron chi connectivity index (χ0n) is 18.6. The maximum absolute atomic E-state index is 13.3. The van der Waals surface area contributed by atoms with Crippen molar-refractivity contribution in [2.75, 3.05) is 12.4 Å². The summed E-state index contributed by atoms with van der Waals surface area (Å²) in [4.78, 5) is 31.0. The number of amidine groups is 1. The number of hydrogen-bond acceptors (Lipinski definition) is 6. The number of nitrogens with one attached hydrogen (secondary N) is 2. The number of nitrogens with two attached hydrogens (primary N) is 1. The number of benzene rings is 3. The van der Waals surface area contributed by atoms with Crippen LogP contribution in [-0.2, 0) is 19.2 Å². The molecule has 0 saturated carbocycles. The second-order valence-electron chi connectivity index (χ2n) is 7.95. The molecule has 0 bridgehead atoms. The van der Waals surface area contributed by atoms with E-state index in [1.165, 1.54) is 7.11 Å². The molecule has 8 nitrogen and oxygen atoms in total. The van der Waals surface area contributed by atoms with E-state index in [2.05, 4.69) is 10.5 Å². The molecule has 8 heteroatoms. The molecule has 1 unspecified atom stereocenters. The van der Waals surface area contributed by atoms with Gasteiger partial charge in [0.05, 0.1) is 19.2 Å². The molecule has 0 saturated heterocycles. The third kappa shape index (κ3) is 4.80. The summed E-state index contributed by atoms with van der Waals surface area (Å²) >= 11 is 0. The van der Waals surface area contributed by atoms with Crippen LogP contribution in [0.2, 0.25) is 0 Å². The fraction of sp³-hybridized carbons (Fsp3) is 0.154. The van der Waals surface area contributed by atoms with Crippen LogP contribution in [-0.4, -0.2) is 36.1 Å². The molecular formula is C26H24N4O4. The van der Waals surface area contributed by atoms with Crippen molar-refractivity contribution < 1.29 is 19.2 Å².